The number of nitrogens with zero attached hydrogens (tertiary/aromatic N) is 4. The Morgan fingerprint density at radius 3 is 2.33 bits per heavy atom. The van der Waals surface area contributed by atoms with E-state index in [9.17, 15) is 19.2 Å². The number of nitrogens with one attached hydrogen (secondary N) is 4. The van der Waals surface area contributed by atoms with Crippen LogP contribution in [0.15, 0.2) is 48.7 Å². The van der Waals surface area contributed by atoms with Gasteiger partial charge in [-0.15, -0.1) is 0 Å². The topological polar surface area (TPSA) is 193 Å². The largest absolute Gasteiger partial charge is 0.488 e. The van der Waals surface area contributed by atoms with Crippen molar-refractivity contribution in [2.45, 2.75) is 96.8 Å². The van der Waals surface area contributed by atoms with E-state index >= 15 is 0 Å². The van der Waals surface area contributed by atoms with Gasteiger partial charge in [0.2, 0.25) is 11.8 Å². The predicted octanol–water partition coefficient (Wildman–Crippen LogP) is 6.77. The highest BCUT2D eigenvalue weighted by molar-refractivity contribution is 6.07. The summed E-state index contributed by atoms with van der Waals surface area (Å²) in [5, 5.41) is 7.31. The number of alkyl carbamates (subject to hydrolysis) is 2. The van der Waals surface area contributed by atoms with Crippen molar-refractivity contribution in [1.29, 1.82) is 0 Å². The Morgan fingerprint density at radius 2 is 1.61 bits per heavy atom. The summed E-state index contributed by atoms with van der Waals surface area (Å²) in [7, 11) is 4.06. The highest BCUT2D eigenvalue weighted by Crippen LogP contribution is 2.44. The quantitative estimate of drug-likeness (QED) is 0.117. The number of rotatable bonds is 10. The van der Waals surface area contributed by atoms with E-state index in [1.165, 1.54) is 21.3 Å². The average molecular weight is 835 g/mol. The van der Waals surface area contributed by atoms with Gasteiger partial charge in [0.25, 0.3) is 0 Å². The van der Waals surface area contributed by atoms with E-state index < -0.39 is 30.4 Å². The monoisotopic (exact) mass is 834 g/mol. The smallest absolute Gasteiger partial charge is 0.407 e. The second-order valence-electron chi connectivity index (χ2n) is 16.9. The van der Waals surface area contributed by atoms with Crippen LogP contribution in [0, 0.1) is 11.8 Å². The zero-order valence-corrected chi connectivity index (χ0v) is 35.8. The minimum atomic E-state index is -0.934. The summed E-state index contributed by atoms with van der Waals surface area (Å²) in [5.74, 6) is 1.85. The molecule has 0 radical (unpaired) electrons. The summed E-state index contributed by atoms with van der Waals surface area (Å²) < 4.78 is 21.5. The Kier molecular flexibility index (Phi) is 11.4. The number of aromatic amines is 2. The zero-order chi connectivity index (χ0) is 43.3. The van der Waals surface area contributed by atoms with Crippen molar-refractivity contribution in [3.63, 3.8) is 0 Å². The van der Waals surface area contributed by atoms with Gasteiger partial charge in [-0.1, -0.05) is 39.0 Å². The van der Waals surface area contributed by atoms with Crippen molar-refractivity contribution < 1.29 is 38.1 Å². The molecule has 7 atom stereocenters. The Balaban J connectivity index is 1.05. The van der Waals surface area contributed by atoms with Crippen LogP contribution in [0.1, 0.15) is 83.2 Å². The van der Waals surface area contributed by atoms with E-state index in [1.807, 2.05) is 44.0 Å². The molecule has 2 fully saturated rings. The molecule has 16 nitrogen and oxygen atoms in total. The van der Waals surface area contributed by atoms with Crippen LogP contribution >= 0.6 is 0 Å². The van der Waals surface area contributed by atoms with E-state index in [0.29, 0.717) is 31.2 Å². The number of methoxy groups -OCH3 is 3. The Bertz CT molecular complexity index is 2500. The van der Waals surface area contributed by atoms with Crippen LogP contribution in [-0.4, -0.2) is 106 Å². The van der Waals surface area contributed by atoms with Crippen LogP contribution < -0.4 is 15.4 Å². The normalized spacial score (nSPS) is 21.1. The third kappa shape index (κ3) is 7.73. The van der Waals surface area contributed by atoms with Crippen LogP contribution in [0.5, 0.6) is 5.75 Å². The molecule has 3 aromatic carbocycles. The lowest BCUT2D eigenvalue weighted by Gasteiger charge is -2.33. The number of carbonyl (C=O) groups is 4. The Morgan fingerprint density at radius 1 is 0.852 bits per heavy atom. The molecule has 16 heteroatoms. The van der Waals surface area contributed by atoms with Crippen molar-refractivity contribution >= 4 is 45.8 Å². The number of benzene rings is 3. The molecule has 0 aliphatic carbocycles. The fourth-order valence-corrected chi connectivity index (χ4v) is 9.20. The maximum absolute atomic E-state index is 14.0. The third-order valence-corrected chi connectivity index (χ3v) is 12.6. The van der Waals surface area contributed by atoms with Crippen molar-refractivity contribution in [3.05, 3.63) is 65.9 Å². The fourth-order valence-electron chi connectivity index (χ4n) is 9.20. The van der Waals surface area contributed by atoms with Crippen molar-refractivity contribution in [3.8, 4) is 28.1 Å². The summed E-state index contributed by atoms with van der Waals surface area (Å²) >= 11 is 0. The number of hydrogen-bond acceptors (Lipinski definition) is 10. The van der Waals surface area contributed by atoms with Crippen LogP contribution in [-0.2, 0) is 30.4 Å². The molecule has 4 amide bonds. The lowest BCUT2D eigenvalue weighted by molar-refractivity contribution is -0.139. The van der Waals surface area contributed by atoms with Gasteiger partial charge < -0.3 is 49.3 Å². The molecule has 8 rings (SSSR count). The van der Waals surface area contributed by atoms with Gasteiger partial charge in [0.05, 0.1) is 55.3 Å². The molecule has 5 aromatic rings. The number of aromatic nitrogens is 4. The van der Waals surface area contributed by atoms with Crippen molar-refractivity contribution in [1.82, 2.24) is 40.4 Å². The van der Waals surface area contributed by atoms with E-state index in [1.54, 1.807) is 11.8 Å². The zero-order valence-electron chi connectivity index (χ0n) is 35.8. The summed E-state index contributed by atoms with van der Waals surface area (Å²) in [6.07, 6.45) is 2.12. The highest BCUT2D eigenvalue weighted by atomic mass is 16.5. The van der Waals surface area contributed by atoms with E-state index in [-0.39, 0.29) is 41.8 Å². The van der Waals surface area contributed by atoms with E-state index in [2.05, 4.69) is 57.9 Å². The maximum atomic E-state index is 14.0. The number of amides is 4. The fraction of sp³-hybridized carbons (Fsp3) is 0.467. The van der Waals surface area contributed by atoms with Crippen LogP contribution in [0.2, 0.25) is 0 Å². The van der Waals surface area contributed by atoms with Crippen LogP contribution in [0.3, 0.4) is 0 Å². The predicted molar refractivity (Wildman–Crippen MR) is 227 cm³/mol. The molecule has 1 unspecified atom stereocenters. The summed E-state index contributed by atoms with van der Waals surface area (Å²) in [6, 6.07) is 12.3. The first-order valence-electron chi connectivity index (χ1n) is 20.9. The number of carbonyl (C=O) groups excluding carboxylic acids is 4. The standard InChI is InChI=1S/C45H54N8O8/c1-22(2)37(50-44(56)59-7)42(54)52-20-23(3)15-35(52)40-46-19-33(48-40)27-10-12-29-28(16-27)21-61-36-18-30-26(17-31(29)36)11-13-32-39(30)49-41(47-32)34-14-9-24(4)53(34)43(55)38(25(5)58-6)51-45(57)60-8/h10-13,16-19,22-25,34-35,37-38H,9,14-15,20-21H2,1-8H3,(H,46,48)(H,47,49)(H,50,56)(H,51,57)/t23-,24-,25+,34-,35-,37-,38?/m0/s1. The number of H-pyrrole nitrogens is 2. The van der Waals surface area contributed by atoms with Gasteiger partial charge in [-0.25, -0.2) is 19.6 Å². The van der Waals surface area contributed by atoms with Gasteiger partial charge in [0.15, 0.2) is 0 Å². The number of ether oxygens (including phenoxy) is 4. The molecular weight excluding hydrogens is 781 g/mol. The molecule has 61 heavy (non-hydrogen) atoms. The van der Waals surface area contributed by atoms with E-state index in [0.717, 1.165) is 68.3 Å². The van der Waals surface area contributed by atoms with Gasteiger partial charge >= 0.3 is 12.2 Å². The molecule has 322 valence electrons. The minimum Gasteiger partial charge on any atom is -0.488 e. The summed E-state index contributed by atoms with van der Waals surface area (Å²) in [4.78, 5) is 72.6. The first-order valence-corrected chi connectivity index (χ1v) is 20.9. The molecule has 2 aromatic heterocycles. The summed E-state index contributed by atoms with van der Waals surface area (Å²) in [6.45, 7) is 10.6. The minimum absolute atomic E-state index is 0.0808. The SMILES string of the molecule is COC(=O)NC(C(=O)N1[C@@H](C)CC[C@H]1c1nc2c(ccc3cc4c(cc32)OCc2cc(-c3cnc([C@@H]5C[C@H](C)CN5C(=O)[C@@H](NC(=O)OC)C(C)C)[nH]3)ccc2-4)[nH]1)[C@@H](C)OC. The molecule has 3 aliphatic heterocycles. The molecule has 0 spiro atoms. The molecule has 2 saturated heterocycles. The van der Waals surface area contributed by atoms with Gasteiger partial charge in [0, 0.05) is 30.6 Å². The van der Waals surface area contributed by atoms with Gasteiger partial charge in [-0.05, 0) is 91.3 Å². The van der Waals surface area contributed by atoms with Crippen molar-refractivity contribution in [2.24, 2.45) is 11.8 Å². The molecule has 3 aliphatic rings. The first-order chi connectivity index (χ1) is 29.3. The van der Waals surface area contributed by atoms with Gasteiger partial charge in [-0.3, -0.25) is 9.59 Å². The average Bonchev–Trinajstić information content (AvgIpc) is 4.08. The molecular formula is C45H54N8O8. The van der Waals surface area contributed by atoms with Gasteiger partial charge in [-0.2, -0.15) is 0 Å². The number of likely N-dealkylation sites (tertiary alicyclic amines) is 2. The second-order valence-corrected chi connectivity index (χ2v) is 16.9. The van der Waals surface area contributed by atoms with Gasteiger partial charge in [0.1, 0.15) is 36.1 Å². The third-order valence-electron chi connectivity index (χ3n) is 12.6. The second kappa shape index (κ2) is 16.7. The highest BCUT2D eigenvalue weighted by Gasteiger charge is 2.43. The van der Waals surface area contributed by atoms with Crippen LogP contribution in [0.4, 0.5) is 9.59 Å². The Hall–Kier alpha value is -6.16. The van der Waals surface area contributed by atoms with Crippen molar-refractivity contribution in [2.75, 3.05) is 27.9 Å². The molecule has 5 heterocycles. The molecule has 0 bridgehead atoms. The molecule has 0 saturated carbocycles. The maximum Gasteiger partial charge on any atom is 0.407 e. The lowest BCUT2D eigenvalue weighted by Crippen LogP contribution is -2.55. The first kappa shape index (κ1) is 41.6. The number of hydrogen-bond donors (Lipinski definition) is 4. The van der Waals surface area contributed by atoms with E-state index in [4.69, 9.17) is 28.9 Å². The molecule has 4 N–H and O–H groups in total. The lowest BCUT2D eigenvalue weighted by atomic mass is 9.92. The Labute approximate surface area is 354 Å². The number of imidazole rings is 2. The number of fused-ring (bicyclic) bond motifs is 6. The van der Waals surface area contributed by atoms with Crippen LogP contribution in [0.25, 0.3) is 44.2 Å². The summed E-state index contributed by atoms with van der Waals surface area (Å²) in [5.41, 5.74) is 6.50.